The second-order valence-corrected chi connectivity index (χ2v) is 4.54. The molecule has 0 saturated heterocycles. The van der Waals surface area contributed by atoms with E-state index in [0.29, 0.717) is 12.1 Å². The topological polar surface area (TPSA) is 86.9 Å². The Morgan fingerprint density at radius 3 is 2.86 bits per heavy atom. The number of nitrogens with one attached hydrogen (secondary N) is 3. The molecule has 1 aromatic rings. The number of sulfonamides is 1. The molecule has 14 heavy (non-hydrogen) atoms. The Morgan fingerprint density at radius 1 is 1.57 bits per heavy atom. The summed E-state index contributed by atoms with van der Waals surface area (Å²) in [6.45, 7) is 3.22. The normalized spacial score (nSPS) is 11.9. The molecule has 3 N–H and O–H groups in total. The summed E-state index contributed by atoms with van der Waals surface area (Å²) in [4.78, 5) is 0. The van der Waals surface area contributed by atoms with Crippen molar-refractivity contribution >= 4 is 10.0 Å². The summed E-state index contributed by atoms with van der Waals surface area (Å²) in [6, 6.07) is 0. The Morgan fingerprint density at radius 2 is 2.29 bits per heavy atom. The summed E-state index contributed by atoms with van der Waals surface area (Å²) in [7, 11) is -2.06. The molecule has 0 bridgehead atoms. The highest BCUT2D eigenvalue weighted by atomic mass is 32.2. The summed E-state index contributed by atoms with van der Waals surface area (Å²) < 4.78 is 25.1. The second-order valence-electron chi connectivity index (χ2n) is 2.71. The van der Waals surface area contributed by atoms with E-state index in [0.717, 1.165) is 6.54 Å². The van der Waals surface area contributed by atoms with E-state index in [1.54, 1.807) is 0 Å². The van der Waals surface area contributed by atoms with Crippen LogP contribution in [0.2, 0.25) is 0 Å². The Bertz CT molecular complexity index is 384. The lowest BCUT2D eigenvalue weighted by Crippen LogP contribution is -2.22. The Hall–Kier alpha value is -0.920. The van der Waals surface area contributed by atoms with Gasteiger partial charge < -0.3 is 5.32 Å². The number of nitrogens with zero attached hydrogens (tertiary/aromatic N) is 1. The van der Waals surface area contributed by atoms with Crippen LogP contribution < -0.4 is 10.0 Å². The fourth-order valence-electron chi connectivity index (χ4n) is 1.02. The molecule has 80 valence electrons. The molecular formula is C7H14N4O2S. The van der Waals surface area contributed by atoms with Gasteiger partial charge in [-0.05, 0) is 13.6 Å². The largest absolute Gasteiger partial charge is 0.313 e. The first-order valence-electron chi connectivity index (χ1n) is 4.28. The van der Waals surface area contributed by atoms with Crippen LogP contribution in [0.25, 0.3) is 0 Å². The van der Waals surface area contributed by atoms with Crippen LogP contribution in [0.3, 0.4) is 0 Å². The molecule has 0 aromatic carbocycles. The molecule has 7 heteroatoms. The average Bonchev–Trinajstić information content (AvgIpc) is 2.63. The van der Waals surface area contributed by atoms with Gasteiger partial charge in [0.15, 0.2) is 5.03 Å². The van der Waals surface area contributed by atoms with Crippen LogP contribution in [0.5, 0.6) is 0 Å². The van der Waals surface area contributed by atoms with Crippen molar-refractivity contribution in [3.8, 4) is 0 Å². The van der Waals surface area contributed by atoms with Gasteiger partial charge in [-0.3, -0.25) is 5.10 Å². The highest BCUT2D eigenvalue weighted by molar-refractivity contribution is 7.89. The van der Waals surface area contributed by atoms with Crippen LogP contribution in [0.1, 0.15) is 12.5 Å². The Balaban J connectivity index is 2.93. The third-order valence-electron chi connectivity index (χ3n) is 1.78. The maximum atomic E-state index is 11.4. The summed E-state index contributed by atoms with van der Waals surface area (Å²) in [5.74, 6) is 0. The number of hydrogen-bond acceptors (Lipinski definition) is 4. The molecule has 0 unspecified atom stereocenters. The molecule has 0 radical (unpaired) electrons. The van der Waals surface area contributed by atoms with E-state index in [1.807, 2.05) is 6.92 Å². The third kappa shape index (κ3) is 2.31. The van der Waals surface area contributed by atoms with Gasteiger partial charge in [-0.2, -0.15) is 5.10 Å². The van der Waals surface area contributed by atoms with Crippen LogP contribution in [0, 0.1) is 0 Å². The maximum Gasteiger partial charge on any atom is 0.257 e. The zero-order valence-electron chi connectivity index (χ0n) is 8.16. The van der Waals surface area contributed by atoms with E-state index in [4.69, 9.17) is 0 Å². The standard InChI is InChI=1S/C7H14N4O2S/c1-3-9-4-6-5-10-11-7(6)14(12,13)8-2/h5,8-9H,3-4H2,1-2H3,(H,10,11). The molecule has 1 aromatic heterocycles. The first-order valence-corrected chi connectivity index (χ1v) is 5.76. The van der Waals surface area contributed by atoms with Crippen LogP contribution in [-0.2, 0) is 16.6 Å². The van der Waals surface area contributed by atoms with Gasteiger partial charge in [-0.1, -0.05) is 6.92 Å². The minimum absolute atomic E-state index is 0.126. The maximum absolute atomic E-state index is 11.4. The number of aromatic nitrogens is 2. The van der Waals surface area contributed by atoms with Crippen LogP contribution >= 0.6 is 0 Å². The third-order valence-corrected chi connectivity index (χ3v) is 3.21. The summed E-state index contributed by atoms with van der Waals surface area (Å²) in [5.41, 5.74) is 0.640. The lowest BCUT2D eigenvalue weighted by atomic mass is 10.3. The predicted molar refractivity (Wildman–Crippen MR) is 52.2 cm³/mol. The van der Waals surface area contributed by atoms with Crippen molar-refractivity contribution in [2.75, 3.05) is 13.6 Å². The van der Waals surface area contributed by atoms with Crippen molar-refractivity contribution in [1.82, 2.24) is 20.2 Å². The monoisotopic (exact) mass is 218 g/mol. The fourth-order valence-corrected chi connectivity index (χ4v) is 1.87. The molecule has 1 rings (SSSR count). The fraction of sp³-hybridized carbons (Fsp3) is 0.571. The van der Waals surface area contributed by atoms with Crippen molar-refractivity contribution in [3.63, 3.8) is 0 Å². The van der Waals surface area contributed by atoms with Gasteiger partial charge in [-0.15, -0.1) is 0 Å². The number of aromatic amines is 1. The number of H-pyrrole nitrogens is 1. The van der Waals surface area contributed by atoms with Gasteiger partial charge in [0.05, 0.1) is 6.20 Å². The number of hydrogen-bond donors (Lipinski definition) is 3. The van der Waals surface area contributed by atoms with Gasteiger partial charge in [0.25, 0.3) is 10.0 Å². The molecule has 0 atom stereocenters. The van der Waals surface area contributed by atoms with Crippen molar-refractivity contribution in [2.45, 2.75) is 18.5 Å². The highest BCUT2D eigenvalue weighted by Crippen LogP contribution is 2.10. The van der Waals surface area contributed by atoms with E-state index in [1.165, 1.54) is 13.2 Å². The van der Waals surface area contributed by atoms with Crippen LogP contribution in [0.4, 0.5) is 0 Å². The molecule has 1 heterocycles. The highest BCUT2D eigenvalue weighted by Gasteiger charge is 2.17. The Labute approximate surface area is 83.1 Å². The SMILES string of the molecule is CCNCc1cn[nH]c1S(=O)(=O)NC. The Kier molecular flexibility index (Phi) is 3.62. The molecule has 6 nitrogen and oxygen atoms in total. The lowest BCUT2D eigenvalue weighted by molar-refractivity contribution is 0.581. The number of rotatable bonds is 5. The van der Waals surface area contributed by atoms with Crippen LogP contribution in [-0.4, -0.2) is 32.2 Å². The zero-order valence-corrected chi connectivity index (χ0v) is 8.98. The van der Waals surface area contributed by atoms with Crippen molar-refractivity contribution in [3.05, 3.63) is 11.8 Å². The molecule has 0 spiro atoms. The summed E-state index contributed by atoms with van der Waals surface area (Å²) in [6.07, 6.45) is 1.51. The van der Waals surface area contributed by atoms with Crippen molar-refractivity contribution < 1.29 is 8.42 Å². The summed E-state index contributed by atoms with van der Waals surface area (Å²) >= 11 is 0. The molecule has 0 aliphatic rings. The second kappa shape index (κ2) is 4.54. The van der Waals surface area contributed by atoms with E-state index < -0.39 is 10.0 Å². The molecule has 0 aliphatic carbocycles. The zero-order chi connectivity index (χ0) is 10.6. The first kappa shape index (κ1) is 11.2. The van der Waals surface area contributed by atoms with E-state index >= 15 is 0 Å². The van der Waals surface area contributed by atoms with Gasteiger partial charge in [0.1, 0.15) is 0 Å². The van der Waals surface area contributed by atoms with E-state index in [2.05, 4.69) is 20.2 Å². The average molecular weight is 218 g/mol. The molecule has 0 fully saturated rings. The lowest BCUT2D eigenvalue weighted by Gasteiger charge is -2.03. The van der Waals surface area contributed by atoms with E-state index in [-0.39, 0.29) is 5.03 Å². The van der Waals surface area contributed by atoms with E-state index in [9.17, 15) is 8.42 Å². The smallest absolute Gasteiger partial charge is 0.257 e. The minimum Gasteiger partial charge on any atom is -0.313 e. The van der Waals surface area contributed by atoms with Gasteiger partial charge in [-0.25, -0.2) is 13.1 Å². The molecule has 0 aliphatic heterocycles. The molecular weight excluding hydrogens is 204 g/mol. The van der Waals surface area contributed by atoms with Gasteiger partial charge in [0, 0.05) is 12.1 Å². The van der Waals surface area contributed by atoms with Gasteiger partial charge >= 0.3 is 0 Å². The quantitative estimate of drug-likeness (QED) is 0.617. The van der Waals surface area contributed by atoms with Gasteiger partial charge in [0.2, 0.25) is 0 Å². The minimum atomic E-state index is -3.42. The van der Waals surface area contributed by atoms with Crippen molar-refractivity contribution in [1.29, 1.82) is 0 Å². The predicted octanol–water partition coefficient (Wildman–Crippen LogP) is -0.573. The molecule has 0 amide bonds. The van der Waals surface area contributed by atoms with Crippen LogP contribution in [0.15, 0.2) is 11.2 Å². The van der Waals surface area contributed by atoms with Crippen molar-refractivity contribution in [2.24, 2.45) is 0 Å². The summed E-state index contributed by atoms with van der Waals surface area (Å²) in [5, 5.41) is 9.33. The first-order chi connectivity index (χ1) is 6.61. The molecule has 0 saturated carbocycles.